The molecule has 30 heavy (non-hydrogen) atoms. The van der Waals surface area contributed by atoms with Gasteiger partial charge in [0.25, 0.3) is 0 Å². The number of ether oxygens (including phenoxy) is 2. The normalized spacial score (nSPS) is 21.3. The van der Waals surface area contributed by atoms with E-state index in [4.69, 9.17) is 9.47 Å². The number of benzene rings is 1. The first-order valence-electron chi connectivity index (χ1n) is 10.1. The van der Waals surface area contributed by atoms with E-state index in [0.717, 1.165) is 11.3 Å². The lowest BCUT2D eigenvalue weighted by molar-refractivity contribution is -0.140. The van der Waals surface area contributed by atoms with E-state index >= 15 is 0 Å². The Hall–Kier alpha value is -2.54. The van der Waals surface area contributed by atoms with E-state index < -0.39 is 12.0 Å². The summed E-state index contributed by atoms with van der Waals surface area (Å²) < 4.78 is 10.9. The molecule has 3 rings (SSSR count). The highest BCUT2D eigenvalue weighted by molar-refractivity contribution is 8.15. The van der Waals surface area contributed by atoms with E-state index in [0.29, 0.717) is 29.5 Å². The number of hydrogen-bond donors (Lipinski definition) is 0. The number of aliphatic imine (C=N–C) groups is 1. The van der Waals surface area contributed by atoms with Gasteiger partial charge in [0.05, 0.1) is 36.3 Å². The predicted molar refractivity (Wildman–Crippen MR) is 120 cm³/mol. The summed E-state index contributed by atoms with van der Waals surface area (Å²) >= 11 is 1.45. The molecule has 0 bridgehead atoms. The fourth-order valence-corrected chi connectivity index (χ4v) is 4.54. The second kappa shape index (κ2) is 9.51. The van der Waals surface area contributed by atoms with Crippen LogP contribution in [0.5, 0.6) is 5.75 Å². The van der Waals surface area contributed by atoms with Crippen molar-refractivity contribution in [2.24, 2.45) is 10.9 Å². The number of esters is 1. The van der Waals surface area contributed by atoms with Crippen molar-refractivity contribution >= 4 is 34.9 Å². The zero-order valence-electron chi connectivity index (χ0n) is 18.0. The van der Waals surface area contributed by atoms with E-state index in [2.05, 4.69) is 4.99 Å². The van der Waals surface area contributed by atoms with Crippen molar-refractivity contribution in [1.82, 2.24) is 4.90 Å². The summed E-state index contributed by atoms with van der Waals surface area (Å²) in [4.78, 5) is 32.2. The van der Waals surface area contributed by atoms with Crippen LogP contribution in [0, 0.1) is 5.92 Å². The standard InChI is InChI=1S/C23H28N2O4S/c1-6-19-21(26)25-17(12-11-16-9-7-8-10-18(16)28-5)20(15(4)24-23(25)30-19)22(27)29-13-14(2)3/h7-12,14,17,19H,6,13H2,1-5H3. The second-order valence-corrected chi connectivity index (χ2v) is 8.82. The maximum atomic E-state index is 13.0. The molecular formula is C23H28N2O4S. The van der Waals surface area contributed by atoms with Crippen LogP contribution in [0.4, 0.5) is 0 Å². The van der Waals surface area contributed by atoms with Gasteiger partial charge in [0.2, 0.25) is 5.91 Å². The average molecular weight is 429 g/mol. The molecule has 0 N–H and O–H groups in total. The molecular weight excluding hydrogens is 400 g/mol. The van der Waals surface area contributed by atoms with Crippen molar-refractivity contribution in [2.75, 3.05) is 13.7 Å². The van der Waals surface area contributed by atoms with E-state index in [1.807, 2.05) is 57.2 Å². The number of carbonyl (C=O) groups is 2. The highest BCUT2D eigenvalue weighted by atomic mass is 32.2. The minimum absolute atomic E-state index is 0.0300. The van der Waals surface area contributed by atoms with Gasteiger partial charge in [-0.25, -0.2) is 9.79 Å². The first-order chi connectivity index (χ1) is 14.4. The summed E-state index contributed by atoms with van der Waals surface area (Å²) in [6, 6.07) is 7.04. The smallest absolute Gasteiger partial charge is 0.338 e. The number of fused-ring (bicyclic) bond motifs is 1. The number of amidine groups is 1. The van der Waals surface area contributed by atoms with Crippen molar-refractivity contribution in [2.45, 2.75) is 45.4 Å². The largest absolute Gasteiger partial charge is 0.496 e. The van der Waals surface area contributed by atoms with Crippen LogP contribution in [0.25, 0.3) is 6.08 Å². The third-order valence-electron chi connectivity index (χ3n) is 4.93. The molecule has 2 unspecified atom stereocenters. The molecule has 160 valence electrons. The highest BCUT2D eigenvalue weighted by Crippen LogP contribution is 2.38. The molecule has 0 radical (unpaired) electrons. The van der Waals surface area contributed by atoms with E-state index in [-0.39, 0.29) is 17.1 Å². The molecule has 2 aliphatic rings. The number of thioether (sulfide) groups is 1. The third kappa shape index (κ3) is 4.46. The quantitative estimate of drug-likeness (QED) is 0.607. The van der Waals surface area contributed by atoms with Crippen LogP contribution in [0.15, 0.2) is 46.6 Å². The van der Waals surface area contributed by atoms with E-state index in [1.165, 1.54) is 11.8 Å². The molecule has 1 aromatic rings. The minimum Gasteiger partial charge on any atom is -0.496 e. The monoisotopic (exact) mass is 428 g/mol. The second-order valence-electron chi connectivity index (χ2n) is 7.65. The van der Waals surface area contributed by atoms with Gasteiger partial charge in [-0.2, -0.15) is 0 Å². The Labute approximate surface area is 182 Å². The third-order valence-corrected chi connectivity index (χ3v) is 6.25. The number of methoxy groups -OCH3 is 1. The van der Waals surface area contributed by atoms with Gasteiger partial charge in [-0.05, 0) is 25.3 Å². The van der Waals surface area contributed by atoms with Crippen LogP contribution in [-0.2, 0) is 14.3 Å². The Morgan fingerprint density at radius 2 is 2.07 bits per heavy atom. The van der Waals surface area contributed by atoms with Crippen LogP contribution >= 0.6 is 11.8 Å². The fraction of sp³-hybridized carbons (Fsp3) is 0.435. The predicted octanol–water partition coefficient (Wildman–Crippen LogP) is 4.27. The van der Waals surface area contributed by atoms with Gasteiger partial charge >= 0.3 is 5.97 Å². The Bertz CT molecular complexity index is 920. The lowest BCUT2D eigenvalue weighted by atomic mass is 10.00. The first-order valence-corrected chi connectivity index (χ1v) is 11.0. The van der Waals surface area contributed by atoms with E-state index in [9.17, 15) is 9.59 Å². The number of para-hydroxylation sites is 1. The molecule has 0 aromatic heterocycles. The zero-order chi connectivity index (χ0) is 21.8. The number of allylic oxidation sites excluding steroid dienone is 1. The van der Waals surface area contributed by atoms with Gasteiger partial charge in [0, 0.05) is 5.56 Å². The van der Waals surface area contributed by atoms with Gasteiger partial charge in [-0.15, -0.1) is 0 Å². The van der Waals surface area contributed by atoms with Crippen molar-refractivity contribution in [1.29, 1.82) is 0 Å². The van der Waals surface area contributed by atoms with Crippen LogP contribution in [0.3, 0.4) is 0 Å². The molecule has 1 amide bonds. The number of carbonyl (C=O) groups excluding carboxylic acids is 2. The van der Waals surface area contributed by atoms with Gasteiger partial charge in [0.1, 0.15) is 5.75 Å². The van der Waals surface area contributed by atoms with Crippen molar-refractivity contribution < 1.29 is 19.1 Å². The summed E-state index contributed by atoms with van der Waals surface area (Å²) in [7, 11) is 1.61. The number of rotatable bonds is 7. The van der Waals surface area contributed by atoms with Gasteiger partial charge in [0.15, 0.2) is 5.17 Å². The average Bonchev–Trinajstić information content (AvgIpc) is 3.05. The minimum atomic E-state index is -0.571. The van der Waals surface area contributed by atoms with Crippen LogP contribution < -0.4 is 4.74 Å². The van der Waals surface area contributed by atoms with Crippen molar-refractivity contribution in [3.63, 3.8) is 0 Å². The number of amides is 1. The van der Waals surface area contributed by atoms with Crippen molar-refractivity contribution in [3.8, 4) is 5.75 Å². The maximum Gasteiger partial charge on any atom is 0.338 e. The van der Waals surface area contributed by atoms with Crippen LogP contribution in [-0.4, -0.2) is 47.0 Å². The maximum absolute atomic E-state index is 13.0. The van der Waals surface area contributed by atoms with Gasteiger partial charge < -0.3 is 9.47 Å². The van der Waals surface area contributed by atoms with Crippen LogP contribution in [0.1, 0.15) is 39.7 Å². The zero-order valence-corrected chi connectivity index (χ0v) is 18.9. The molecule has 1 fully saturated rings. The first kappa shape index (κ1) is 22.2. The summed E-state index contributed by atoms with van der Waals surface area (Å²) in [6.45, 7) is 8.06. The lowest BCUT2D eigenvalue weighted by Crippen LogP contribution is -2.45. The van der Waals surface area contributed by atoms with Gasteiger partial charge in [-0.3, -0.25) is 9.69 Å². The van der Waals surface area contributed by atoms with Gasteiger partial charge in [-0.1, -0.05) is 62.9 Å². The SMILES string of the molecule is CCC1SC2=NC(C)=C(C(=O)OCC(C)C)C(C=Cc3ccccc3OC)N2C1=O. The Morgan fingerprint density at radius 3 is 2.73 bits per heavy atom. The lowest BCUT2D eigenvalue weighted by Gasteiger charge is -2.31. The fourth-order valence-electron chi connectivity index (χ4n) is 3.39. The Kier molecular flexibility index (Phi) is 7.02. The number of hydrogen-bond acceptors (Lipinski definition) is 6. The number of nitrogens with zero attached hydrogens (tertiary/aromatic N) is 2. The molecule has 6 nitrogen and oxygen atoms in total. The highest BCUT2D eigenvalue weighted by Gasteiger charge is 2.45. The summed E-state index contributed by atoms with van der Waals surface area (Å²) in [5, 5.41) is 0.448. The molecule has 2 aliphatic heterocycles. The molecule has 0 saturated carbocycles. The van der Waals surface area contributed by atoms with Crippen LogP contribution in [0.2, 0.25) is 0 Å². The molecule has 1 aromatic carbocycles. The molecule has 0 spiro atoms. The Morgan fingerprint density at radius 1 is 1.33 bits per heavy atom. The summed E-state index contributed by atoms with van der Waals surface area (Å²) in [5.41, 5.74) is 1.85. The molecule has 7 heteroatoms. The molecule has 2 atom stereocenters. The topological polar surface area (TPSA) is 68.2 Å². The van der Waals surface area contributed by atoms with Crippen molar-refractivity contribution in [3.05, 3.63) is 47.2 Å². The molecule has 0 aliphatic carbocycles. The Balaban J connectivity index is 2.01. The summed E-state index contributed by atoms with van der Waals surface area (Å²) in [6.07, 6.45) is 4.44. The molecule has 2 heterocycles. The van der Waals surface area contributed by atoms with E-state index in [1.54, 1.807) is 18.9 Å². The summed E-state index contributed by atoms with van der Waals surface area (Å²) in [5.74, 6) is 0.471. The molecule has 1 saturated heterocycles.